The first-order chi connectivity index (χ1) is 12.2. The first-order valence-corrected chi connectivity index (χ1v) is 9.11. The van der Waals surface area contributed by atoms with Crippen LogP contribution in [-0.2, 0) is 9.59 Å². The second kappa shape index (κ2) is 6.82. The maximum atomic E-state index is 12.7. The Morgan fingerprint density at radius 3 is 2.68 bits per heavy atom. The van der Waals surface area contributed by atoms with Crippen molar-refractivity contribution in [3.63, 3.8) is 0 Å². The summed E-state index contributed by atoms with van der Waals surface area (Å²) in [6.45, 7) is 2.09. The number of para-hydroxylation sites is 1. The number of rotatable bonds is 2. The number of amides is 2. The van der Waals surface area contributed by atoms with E-state index in [2.05, 4.69) is 34.6 Å². The minimum atomic E-state index is -0.0454. The van der Waals surface area contributed by atoms with Crippen molar-refractivity contribution in [2.24, 2.45) is 5.92 Å². The lowest BCUT2D eigenvalue weighted by atomic mass is 9.86. The molecule has 2 aromatic rings. The number of aromatic nitrogens is 1. The van der Waals surface area contributed by atoms with Crippen molar-refractivity contribution in [2.45, 2.75) is 31.6 Å². The molecular formula is C20H23N3O2. The van der Waals surface area contributed by atoms with Crippen LogP contribution in [0.5, 0.6) is 0 Å². The Bertz CT molecular complexity index is 781. The fourth-order valence-corrected chi connectivity index (χ4v) is 4.09. The smallest absolute Gasteiger partial charge is 0.227 e. The third-order valence-electron chi connectivity index (χ3n) is 5.54. The molecule has 2 aliphatic rings. The highest BCUT2D eigenvalue weighted by molar-refractivity contribution is 5.84. The van der Waals surface area contributed by atoms with Crippen LogP contribution in [0.4, 0.5) is 0 Å². The number of fused-ring (bicyclic) bond motifs is 1. The zero-order chi connectivity index (χ0) is 17.2. The van der Waals surface area contributed by atoms with E-state index in [4.69, 9.17) is 0 Å². The largest absolute Gasteiger partial charge is 0.355 e. The summed E-state index contributed by atoms with van der Waals surface area (Å²) >= 11 is 0. The summed E-state index contributed by atoms with van der Waals surface area (Å²) in [6, 6.07) is 10.4. The molecule has 0 aliphatic carbocycles. The van der Waals surface area contributed by atoms with Gasteiger partial charge in [0.1, 0.15) is 0 Å². The highest BCUT2D eigenvalue weighted by Gasteiger charge is 2.31. The molecule has 1 unspecified atom stereocenters. The van der Waals surface area contributed by atoms with Crippen LogP contribution in [0.1, 0.15) is 37.2 Å². The fraction of sp³-hybridized carbons (Fsp3) is 0.450. The molecule has 0 bridgehead atoms. The standard InChI is InChI=1S/C20H23N3O2/c24-19-6-5-15(13-22-19)20(25)23-11-8-14(9-12-23)16-7-10-21-18-4-2-1-3-17(16)18/h1-4,7,10,14-15H,5-6,8-9,11-13H2,(H,22,24). The SMILES string of the molecule is O=C1CCC(C(=O)N2CCC(c3ccnc4ccccc34)CC2)CN1. The Morgan fingerprint density at radius 2 is 1.92 bits per heavy atom. The molecule has 0 saturated carbocycles. The summed E-state index contributed by atoms with van der Waals surface area (Å²) in [4.78, 5) is 30.4. The summed E-state index contributed by atoms with van der Waals surface area (Å²) in [7, 11) is 0. The zero-order valence-corrected chi connectivity index (χ0v) is 14.3. The van der Waals surface area contributed by atoms with E-state index in [0.717, 1.165) is 31.4 Å². The number of carbonyl (C=O) groups excluding carboxylic acids is 2. The van der Waals surface area contributed by atoms with Gasteiger partial charge in [-0.05, 0) is 42.9 Å². The van der Waals surface area contributed by atoms with Crippen molar-refractivity contribution in [1.29, 1.82) is 0 Å². The molecule has 1 aromatic carbocycles. The maximum absolute atomic E-state index is 12.7. The molecule has 1 aromatic heterocycles. The number of piperidine rings is 2. The second-order valence-electron chi connectivity index (χ2n) is 7.06. The number of pyridine rings is 1. The molecule has 0 spiro atoms. The maximum Gasteiger partial charge on any atom is 0.227 e. The number of nitrogens with zero attached hydrogens (tertiary/aromatic N) is 2. The molecule has 1 N–H and O–H groups in total. The summed E-state index contributed by atoms with van der Waals surface area (Å²) in [5, 5.41) is 4.04. The zero-order valence-electron chi connectivity index (χ0n) is 14.3. The third kappa shape index (κ3) is 3.23. The molecule has 2 saturated heterocycles. The highest BCUT2D eigenvalue weighted by atomic mass is 16.2. The Morgan fingerprint density at radius 1 is 1.12 bits per heavy atom. The predicted molar refractivity (Wildman–Crippen MR) is 96.0 cm³/mol. The number of likely N-dealkylation sites (tertiary alicyclic amines) is 1. The molecule has 1 atom stereocenters. The molecule has 4 rings (SSSR count). The molecule has 2 fully saturated rings. The van der Waals surface area contributed by atoms with Crippen LogP contribution >= 0.6 is 0 Å². The summed E-state index contributed by atoms with van der Waals surface area (Å²) in [5.74, 6) is 0.698. The van der Waals surface area contributed by atoms with E-state index in [1.165, 1.54) is 10.9 Å². The lowest BCUT2D eigenvalue weighted by Crippen LogP contribution is -2.47. The van der Waals surface area contributed by atoms with Crippen LogP contribution in [0.2, 0.25) is 0 Å². The van der Waals surface area contributed by atoms with Crippen LogP contribution in [0, 0.1) is 5.92 Å². The third-order valence-corrected chi connectivity index (χ3v) is 5.54. The number of hydrogen-bond acceptors (Lipinski definition) is 3. The van der Waals surface area contributed by atoms with E-state index in [0.29, 0.717) is 25.3 Å². The summed E-state index contributed by atoms with van der Waals surface area (Å²) < 4.78 is 0. The topological polar surface area (TPSA) is 62.3 Å². The number of hydrogen-bond donors (Lipinski definition) is 1. The lowest BCUT2D eigenvalue weighted by Gasteiger charge is -2.35. The van der Waals surface area contributed by atoms with Gasteiger partial charge in [0.05, 0.1) is 11.4 Å². The number of carbonyl (C=O) groups is 2. The van der Waals surface area contributed by atoms with Crippen molar-refractivity contribution >= 4 is 22.7 Å². The van der Waals surface area contributed by atoms with E-state index in [-0.39, 0.29) is 17.7 Å². The van der Waals surface area contributed by atoms with E-state index in [9.17, 15) is 9.59 Å². The fourth-order valence-electron chi connectivity index (χ4n) is 4.09. The number of benzene rings is 1. The summed E-state index contributed by atoms with van der Waals surface area (Å²) in [5.41, 5.74) is 2.39. The van der Waals surface area contributed by atoms with Gasteiger partial charge in [0.2, 0.25) is 11.8 Å². The average Bonchev–Trinajstić information content (AvgIpc) is 2.68. The monoisotopic (exact) mass is 337 g/mol. The van der Waals surface area contributed by atoms with Crippen LogP contribution in [0.3, 0.4) is 0 Å². The van der Waals surface area contributed by atoms with Gasteiger partial charge in [-0.2, -0.15) is 0 Å². The van der Waals surface area contributed by atoms with E-state index in [1.807, 2.05) is 17.2 Å². The van der Waals surface area contributed by atoms with Crippen molar-refractivity contribution in [1.82, 2.24) is 15.2 Å². The minimum Gasteiger partial charge on any atom is -0.355 e. The molecule has 0 radical (unpaired) electrons. The molecule has 2 aliphatic heterocycles. The van der Waals surface area contributed by atoms with Gasteiger partial charge in [-0.3, -0.25) is 14.6 Å². The van der Waals surface area contributed by atoms with Crippen LogP contribution in [-0.4, -0.2) is 41.3 Å². The van der Waals surface area contributed by atoms with Crippen molar-refractivity contribution in [2.75, 3.05) is 19.6 Å². The van der Waals surface area contributed by atoms with Gasteiger partial charge in [0.15, 0.2) is 0 Å². The van der Waals surface area contributed by atoms with Crippen molar-refractivity contribution in [3.05, 3.63) is 42.1 Å². The second-order valence-corrected chi connectivity index (χ2v) is 7.06. The Labute approximate surface area is 147 Å². The highest BCUT2D eigenvalue weighted by Crippen LogP contribution is 2.33. The van der Waals surface area contributed by atoms with Gasteiger partial charge in [-0.25, -0.2) is 0 Å². The molecule has 3 heterocycles. The van der Waals surface area contributed by atoms with Gasteiger partial charge < -0.3 is 10.2 Å². The van der Waals surface area contributed by atoms with Crippen LogP contribution in [0.15, 0.2) is 36.5 Å². The Balaban J connectivity index is 1.43. The Kier molecular flexibility index (Phi) is 4.38. The van der Waals surface area contributed by atoms with E-state index in [1.54, 1.807) is 0 Å². The molecular weight excluding hydrogens is 314 g/mol. The average molecular weight is 337 g/mol. The predicted octanol–water partition coefficient (Wildman–Crippen LogP) is 2.47. The molecule has 25 heavy (non-hydrogen) atoms. The van der Waals surface area contributed by atoms with E-state index < -0.39 is 0 Å². The first-order valence-electron chi connectivity index (χ1n) is 9.11. The Hall–Kier alpha value is -2.43. The lowest BCUT2D eigenvalue weighted by molar-refractivity contribution is -0.138. The first kappa shape index (κ1) is 16.1. The minimum absolute atomic E-state index is 0.0454. The van der Waals surface area contributed by atoms with Crippen LogP contribution in [0.25, 0.3) is 10.9 Å². The van der Waals surface area contributed by atoms with E-state index >= 15 is 0 Å². The van der Waals surface area contributed by atoms with Gasteiger partial charge >= 0.3 is 0 Å². The van der Waals surface area contributed by atoms with Crippen molar-refractivity contribution in [3.8, 4) is 0 Å². The normalized spacial score (nSPS) is 22.0. The van der Waals surface area contributed by atoms with Gasteiger partial charge in [0, 0.05) is 37.6 Å². The van der Waals surface area contributed by atoms with Gasteiger partial charge in [-0.15, -0.1) is 0 Å². The molecule has 2 amide bonds. The van der Waals surface area contributed by atoms with Gasteiger partial charge in [0.25, 0.3) is 0 Å². The molecule has 5 nitrogen and oxygen atoms in total. The van der Waals surface area contributed by atoms with Crippen molar-refractivity contribution < 1.29 is 9.59 Å². The summed E-state index contributed by atoms with van der Waals surface area (Å²) in [6.07, 6.45) is 5.01. The number of nitrogens with one attached hydrogen (secondary N) is 1. The van der Waals surface area contributed by atoms with Gasteiger partial charge in [-0.1, -0.05) is 18.2 Å². The molecule has 5 heteroatoms. The van der Waals surface area contributed by atoms with Crippen LogP contribution < -0.4 is 5.32 Å². The quantitative estimate of drug-likeness (QED) is 0.916. The molecule has 130 valence electrons.